The molecule has 1 aliphatic heterocycles. The third kappa shape index (κ3) is 3.85. The molecule has 0 atom stereocenters. The van der Waals surface area contributed by atoms with Gasteiger partial charge in [0.2, 0.25) is 0 Å². The molecule has 7 nitrogen and oxygen atoms in total. The molecule has 1 heterocycles. The summed E-state index contributed by atoms with van der Waals surface area (Å²) < 4.78 is 35.2. The molecule has 0 aromatic heterocycles. The van der Waals surface area contributed by atoms with Crippen molar-refractivity contribution in [1.82, 2.24) is 5.32 Å². The van der Waals surface area contributed by atoms with Crippen molar-refractivity contribution in [2.75, 3.05) is 24.6 Å². The normalized spacial score (nSPS) is 14.3. The van der Waals surface area contributed by atoms with E-state index in [4.69, 9.17) is 8.92 Å². The number of hydrogen-bond donors (Lipinski definition) is 1. The van der Waals surface area contributed by atoms with Crippen LogP contribution in [0.15, 0.2) is 53.4 Å². The zero-order valence-corrected chi connectivity index (χ0v) is 14.5. The van der Waals surface area contributed by atoms with E-state index in [1.54, 1.807) is 29.2 Å². The number of nitrogens with zero attached hydrogens (tertiary/aromatic N) is 1. The van der Waals surface area contributed by atoms with E-state index in [-0.39, 0.29) is 16.7 Å². The number of benzene rings is 2. The third-order valence-electron chi connectivity index (χ3n) is 3.63. The minimum atomic E-state index is -3.95. The lowest BCUT2D eigenvalue weighted by atomic mass is 10.3. The molecule has 2 aromatic carbocycles. The van der Waals surface area contributed by atoms with Crippen LogP contribution in [0, 0.1) is 0 Å². The largest absolute Gasteiger partial charge is 0.494 e. The van der Waals surface area contributed by atoms with Gasteiger partial charge in [-0.1, -0.05) is 0 Å². The number of nitrogens with one attached hydrogen (secondary N) is 1. The van der Waals surface area contributed by atoms with E-state index in [0.29, 0.717) is 31.1 Å². The lowest BCUT2D eigenvalue weighted by Crippen LogP contribution is -2.27. The maximum Gasteiger partial charge on any atom is 0.339 e. The molecule has 25 heavy (non-hydrogen) atoms. The van der Waals surface area contributed by atoms with Crippen LogP contribution in [0.25, 0.3) is 0 Å². The molecule has 1 fully saturated rings. The summed E-state index contributed by atoms with van der Waals surface area (Å²) in [6.07, 6.45) is 0. The van der Waals surface area contributed by atoms with E-state index in [1.807, 2.05) is 6.92 Å². The molecule has 0 spiro atoms. The molecule has 2 aromatic rings. The molecule has 1 saturated heterocycles. The smallest absolute Gasteiger partial charge is 0.339 e. The van der Waals surface area contributed by atoms with E-state index in [9.17, 15) is 13.2 Å². The molecular weight excluding hydrogens is 344 g/mol. The lowest BCUT2D eigenvalue weighted by molar-refractivity contribution is 0.252. The molecule has 0 radical (unpaired) electrons. The van der Waals surface area contributed by atoms with Crippen molar-refractivity contribution in [3.63, 3.8) is 0 Å². The first-order valence-electron chi connectivity index (χ1n) is 7.82. The molecule has 2 amide bonds. The Morgan fingerprint density at radius 2 is 1.68 bits per heavy atom. The molecule has 0 saturated carbocycles. The van der Waals surface area contributed by atoms with Gasteiger partial charge in [0, 0.05) is 18.8 Å². The summed E-state index contributed by atoms with van der Waals surface area (Å²) in [6.45, 7) is 3.51. The highest BCUT2D eigenvalue weighted by molar-refractivity contribution is 7.87. The van der Waals surface area contributed by atoms with Crippen LogP contribution >= 0.6 is 0 Å². The maximum absolute atomic E-state index is 12.4. The van der Waals surface area contributed by atoms with Crippen LogP contribution in [-0.2, 0) is 10.1 Å². The highest BCUT2D eigenvalue weighted by Crippen LogP contribution is 2.24. The molecule has 8 heteroatoms. The van der Waals surface area contributed by atoms with Crippen LogP contribution in [0.5, 0.6) is 11.5 Å². The summed E-state index contributed by atoms with van der Waals surface area (Å²) in [4.78, 5) is 13.2. The predicted octanol–water partition coefficient (Wildman–Crippen LogP) is 2.38. The number of amides is 2. The SMILES string of the molecule is CCOc1ccc(OS(=O)(=O)c2ccc(N3CCNC3=O)cc2)cc1. The average molecular weight is 362 g/mol. The Balaban J connectivity index is 1.74. The quantitative estimate of drug-likeness (QED) is 0.798. The predicted molar refractivity (Wildman–Crippen MR) is 92.6 cm³/mol. The van der Waals surface area contributed by atoms with Crippen molar-refractivity contribution in [2.24, 2.45) is 0 Å². The summed E-state index contributed by atoms with van der Waals surface area (Å²) in [5.41, 5.74) is 0.634. The Kier molecular flexibility index (Phi) is 4.80. The van der Waals surface area contributed by atoms with E-state index < -0.39 is 10.1 Å². The van der Waals surface area contributed by atoms with Gasteiger partial charge in [-0.25, -0.2) is 4.79 Å². The van der Waals surface area contributed by atoms with Crippen molar-refractivity contribution in [2.45, 2.75) is 11.8 Å². The molecule has 0 unspecified atom stereocenters. The zero-order chi connectivity index (χ0) is 17.9. The number of rotatable bonds is 6. The third-order valence-corrected chi connectivity index (χ3v) is 4.90. The lowest BCUT2D eigenvalue weighted by Gasteiger charge is -2.14. The molecular formula is C17H18N2O5S. The molecule has 132 valence electrons. The first kappa shape index (κ1) is 17.1. The maximum atomic E-state index is 12.4. The van der Waals surface area contributed by atoms with Gasteiger partial charge in [0.25, 0.3) is 0 Å². The van der Waals surface area contributed by atoms with Gasteiger partial charge in [-0.15, -0.1) is 0 Å². The molecule has 0 aliphatic carbocycles. The van der Waals surface area contributed by atoms with Crippen LogP contribution in [0.3, 0.4) is 0 Å². The van der Waals surface area contributed by atoms with E-state index in [1.165, 1.54) is 24.3 Å². The van der Waals surface area contributed by atoms with Crippen LogP contribution in [-0.4, -0.2) is 34.1 Å². The van der Waals surface area contributed by atoms with Gasteiger partial charge in [0.1, 0.15) is 16.4 Å². The van der Waals surface area contributed by atoms with E-state index in [2.05, 4.69) is 5.32 Å². The Morgan fingerprint density at radius 1 is 1.04 bits per heavy atom. The second-order valence-corrected chi connectivity index (χ2v) is 6.87. The van der Waals surface area contributed by atoms with Gasteiger partial charge in [-0.3, -0.25) is 4.90 Å². The van der Waals surface area contributed by atoms with Gasteiger partial charge in [0.15, 0.2) is 0 Å². The number of carbonyl (C=O) groups is 1. The second kappa shape index (κ2) is 7.02. The Labute approximate surface area is 146 Å². The first-order valence-corrected chi connectivity index (χ1v) is 9.23. The fraction of sp³-hybridized carbons (Fsp3) is 0.235. The summed E-state index contributed by atoms with van der Waals surface area (Å²) in [5.74, 6) is 0.840. The monoisotopic (exact) mass is 362 g/mol. The standard InChI is InChI=1S/C17H18N2O5S/c1-2-23-14-5-7-15(8-6-14)24-25(21,22)16-9-3-13(4-10-16)19-12-11-18-17(19)20/h3-10H,2,11-12H2,1H3,(H,18,20). The van der Waals surface area contributed by atoms with Crippen molar-refractivity contribution >= 4 is 21.8 Å². The van der Waals surface area contributed by atoms with Crippen LogP contribution in [0.4, 0.5) is 10.5 Å². The van der Waals surface area contributed by atoms with Crippen molar-refractivity contribution in [1.29, 1.82) is 0 Å². The second-order valence-electron chi connectivity index (χ2n) is 5.32. The fourth-order valence-corrected chi connectivity index (χ4v) is 3.37. The topological polar surface area (TPSA) is 84.9 Å². The minimum Gasteiger partial charge on any atom is -0.494 e. The number of urea groups is 1. The summed E-state index contributed by atoms with van der Waals surface area (Å²) in [5, 5.41) is 2.69. The molecule has 1 N–H and O–H groups in total. The number of ether oxygens (including phenoxy) is 1. The zero-order valence-electron chi connectivity index (χ0n) is 13.6. The van der Waals surface area contributed by atoms with Crippen molar-refractivity contribution < 1.29 is 22.1 Å². The van der Waals surface area contributed by atoms with Crippen molar-refractivity contribution in [3.05, 3.63) is 48.5 Å². The number of hydrogen-bond acceptors (Lipinski definition) is 5. The Hall–Kier alpha value is -2.74. The average Bonchev–Trinajstić information content (AvgIpc) is 3.03. The summed E-state index contributed by atoms with van der Waals surface area (Å²) in [6, 6.07) is 12.2. The van der Waals surface area contributed by atoms with E-state index in [0.717, 1.165) is 0 Å². The highest BCUT2D eigenvalue weighted by atomic mass is 32.2. The number of anilines is 1. The van der Waals surface area contributed by atoms with Gasteiger partial charge >= 0.3 is 16.1 Å². The van der Waals surface area contributed by atoms with Gasteiger partial charge in [-0.05, 0) is 55.5 Å². The Morgan fingerprint density at radius 3 is 2.24 bits per heavy atom. The highest BCUT2D eigenvalue weighted by Gasteiger charge is 2.22. The summed E-state index contributed by atoms with van der Waals surface area (Å²) >= 11 is 0. The molecule has 1 aliphatic rings. The van der Waals surface area contributed by atoms with Crippen LogP contribution < -0.4 is 19.1 Å². The van der Waals surface area contributed by atoms with Gasteiger partial charge in [-0.2, -0.15) is 8.42 Å². The van der Waals surface area contributed by atoms with Gasteiger partial charge < -0.3 is 14.2 Å². The van der Waals surface area contributed by atoms with E-state index >= 15 is 0 Å². The summed E-state index contributed by atoms with van der Waals surface area (Å²) in [7, 11) is -3.95. The fourth-order valence-electron chi connectivity index (χ4n) is 2.44. The molecule has 0 bridgehead atoms. The minimum absolute atomic E-state index is 0.0183. The Bertz CT molecular complexity index is 848. The first-order chi connectivity index (χ1) is 12.0. The van der Waals surface area contributed by atoms with Gasteiger partial charge in [0.05, 0.1) is 6.61 Å². The van der Waals surface area contributed by atoms with Crippen LogP contribution in [0.2, 0.25) is 0 Å². The van der Waals surface area contributed by atoms with Crippen molar-refractivity contribution in [3.8, 4) is 11.5 Å². The number of carbonyl (C=O) groups excluding carboxylic acids is 1. The van der Waals surface area contributed by atoms with Crippen LogP contribution in [0.1, 0.15) is 6.92 Å². The molecule has 3 rings (SSSR count).